The van der Waals surface area contributed by atoms with Gasteiger partial charge in [0.05, 0.1) is 19.1 Å². The van der Waals surface area contributed by atoms with Crippen LogP contribution in [0.2, 0.25) is 0 Å². The average Bonchev–Trinajstić information content (AvgIpc) is 2.75. The fraction of sp³-hybridized carbons (Fsp3) is 0.917. The maximum Gasteiger partial charge on any atom is 0.314 e. The van der Waals surface area contributed by atoms with Crippen molar-refractivity contribution in [2.45, 2.75) is 50.8 Å². The molecule has 4 aliphatic heterocycles. The monoisotopic (exact) mass is 242 g/mol. The van der Waals surface area contributed by atoms with Gasteiger partial charge in [-0.05, 0) is 12.8 Å². The average molecular weight is 242 g/mol. The lowest BCUT2D eigenvalue weighted by molar-refractivity contribution is -0.317. The molecule has 0 amide bonds. The van der Waals surface area contributed by atoms with Crippen molar-refractivity contribution in [3.05, 3.63) is 0 Å². The van der Waals surface area contributed by atoms with Crippen molar-refractivity contribution in [2.75, 3.05) is 13.2 Å². The molecule has 0 aliphatic carbocycles. The highest BCUT2D eigenvalue weighted by Crippen LogP contribution is 2.39. The van der Waals surface area contributed by atoms with Crippen molar-refractivity contribution in [3.63, 3.8) is 0 Å². The second-order valence-electron chi connectivity index (χ2n) is 5.10. The van der Waals surface area contributed by atoms with Crippen molar-refractivity contribution in [1.29, 1.82) is 0 Å². The van der Waals surface area contributed by atoms with Crippen LogP contribution in [0.25, 0.3) is 0 Å². The highest BCUT2D eigenvalue weighted by molar-refractivity contribution is 5.74. The van der Waals surface area contributed by atoms with Crippen LogP contribution in [0.1, 0.15) is 32.6 Å². The molecule has 5 nitrogen and oxygen atoms in total. The summed E-state index contributed by atoms with van der Waals surface area (Å²) in [5.41, 5.74) is 0. The molecule has 4 rings (SSSR count). The molecule has 4 heterocycles. The van der Waals surface area contributed by atoms with Crippen LogP contribution < -0.4 is 0 Å². The Kier molecular flexibility index (Phi) is 2.84. The lowest BCUT2D eigenvalue weighted by Crippen LogP contribution is -2.55. The van der Waals surface area contributed by atoms with Gasteiger partial charge in [-0.25, -0.2) is 0 Å². The van der Waals surface area contributed by atoms with Gasteiger partial charge in [0.2, 0.25) is 5.79 Å². The Morgan fingerprint density at radius 3 is 2.76 bits per heavy atom. The summed E-state index contributed by atoms with van der Waals surface area (Å²) in [6.45, 7) is 2.97. The molecule has 4 aliphatic rings. The lowest BCUT2D eigenvalue weighted by Gasteiger charge is -2.44. The maximum absolute atomic E-state index is 12.0. The van der Waals surface area contributed by atoms with Crippen molar-refractivity contribution < 1.29 is 23.7 Å². The summed E-state index contributed by atoms with van der Waals surface area (Å²) >= 11 is 0. The molecule has 4 fully saturated rings. The molecule has 5 heteroatoms. The Morgan fingerprint density at radius 2 is 2.00 bits per heavy atom. The van der Waals surface area contributed by atoms with Crippen LogP contribution in [0.5, 0.6) is 0 Å². The first kappa shape index (κ1) is 11.4. The molecule has 0 aromatic rings. The summed E-state index contributed by atoms with van der Waals surface area (Å²) in [6.07, 6.45) is 2.87. The van der Waals surface area contributed by atoms with Gasteiger partial charge in [-0.3, -0.25) is 4.79 Å². The van der Waals surface area contributed by atoms with Crippen LogP contribution in [-0.4, -0.2) is 37.4 Å². The molecule has 0 radical (unpaired) electrons. The van der Waals surface area contributed by atoms with Gasteiger partial charge in [0, 0.05) is 13.3 Å². The van der Waals surface area contributed by atoms with E-state index in [9.17, 15) is 4.79 Å². The minimum Gasteiger partial charge on any atom is -0.433 e. The number of rotatable bonds is 1. The number of ether oxygens (including phenoxy) is 4. The predicted octanol–water partition coefficient (Wildman–Crippen LogP) is 1.21. The predicted molar refractivity (Wildman–Crippen MR) is 57.0 cm³/mol. The Morgan fingerprint density at radius 1 is 1.24 bits per heavy atom. The van der Waals surface area contributed by atoms with E-state index in [0.29, 0.717) is 13.2 Å². The number of hydrogen-bond acceptors (Lipinski definition) is 5. The van der Waals surface area contributed by atoms with Crippen molar-refractivity contribution in [2.24, 2.45) is 5.92 Å². The summed E-state index contributed by atoms with van der Waals surface area (Å²) in [5, 5.41) is 0. The number of fused-ring (bicyclic) bond motifs is 5. The largest absolute Gasteiger partial charge is 0.433 e. The summed E-state index contributed by atoms with van der Waals surface area (Å²) in [5.74, 6) is -1.21. The molecule has 2 bridgehead atoms. The molecular formula is C12H18O5. The number of carbonyl (C=O) groups is 1. The SMILES string of the molecule is CC12CCCCC(C(=O)O1)C(C1OCCO1)O2. The summed E-state index contributed by atoms with van der Waals surface area (Å²) in [6, 6.07) is 0. The zero-order valence-corrected chi connectivity index (χ0v) is 10.0. The summed E-state index contributed by atoms with van der Waals surface area (Å²) in [4.78, 5) is 12.0. The van der Waals surface area contributed by atoms with Crippen LogP contribution in [0.3, 0.4) is 0 Å². The molecule has 0 N–H and O–H groups in total. The van der Waals surface area contributed by atoms with Gasteiger partial charge < -0.3 is 18.9 Å². The van der Waals surface area contributed by atoms with E-state index < -0.39 is 12.1 Å². The Hall–Kier alpha value is -0.650. The molecule has 3 atom stereocenters. The third-order valence-electron chi connectivity index (χ3n) is 3.71. The fourth-order valence-electron chi connectivity index (χ4n) is 2.83. The third kappa shape index (κ3) is 2.07. The van der Waals surface area contributed by atoms with E-state index in [1.165, 1.54) is 0 Å². The molecule has 96 valence electrons. The summed E-state index contributed by atoms with van der Waals surface area (Å²) in [7, 11) is 0. The zero-order valence-electron chi connectivity index (χ0n) is 10.0. The molecule has 0 aromatic heterocycles. The van der Waals surface area contributed by atoms with Gasteiger partial charge in [0.1, 0.15) is 6.10 Å². The first-order chi connectivity index (χ1) is 8.18. The van der Waals surface area contributed by atoms with Crippen LogP contribution in [0.15, 0.2) is 0 Å². The Labute approximate surface area is 100 Å². The van der Waals surface area contributed by atoms with Crippen LogP contribution in [0.4, 0.5) is 0 Å². The molecule has 17 heavy (non-hydrogen) atoms. The maximum atomic E-state index is 12.0. The van der Waals surface area contributed by atoms with Crippen molar-refractivity contribution in [3.8, 4) is 0 Å². The number of carbonyl (C=O) groups excluding carboxylic acids is 1. The Bertz CT molecular complexity index is 312. The topological polar surface area (TPSA) is 54.0 Å². The molecule has 4 saturated heterocycles. The number of hydrogen-bond donors (Lipinski definition) is 0. The van der Waals surface area contributed by atoms with Gasteiger partial charge in [-0.1, -0.05) is 6.42 Å². The highest BCUT2D eigenvalue weighted by Gasteiger charge is 2.50. The smallest absolute Gasteiger partial charge is 0.314 e. The first-order valence-electron chi connectivity index (χ1n) is 6.32. The van der Waals surface area contributed by atoms with Gasteiger partial charge >= 0.3 is 5.97 Å². The first-order valence-corrected chi connectivity index (χ1v) is 6.32. The number of esters is 1. The van der Waals surface area contributed by atoms with E-state index >= 15 is 0 Å². The molecule has 3 unspecified atom stereocenters. The van der Waals surface area contributed by atoms with E-state index in [1.54, 1.807) is 0 Å². The van der Waals surface area contributed by atoms with E-state index in [1.807, 2.05) is 6.92 Å². The minimum absolute atomic E-state index is 0.164. The second kappa shape index (κ2) is 4.23. The van der Waals surface area contributed by atoms with Crippen LogP contribution >= 0.6 is 0 Å². The van der Waals surface area contributed by atoms with Crippen LogP contribution in [-0.2, 0) is 23.7 Å². The zero-order chi connectivity index (χ0) is 11.9. The van der Waals surface area contributed by atoms with E-state index in [-0.39, 0.29) is 18.0 Å². The van der Waals surface area contributed by atoms with E-state index in [4.69, 9.17) is 18.9 Å². The van der Waals surface area contributed by atoms with Gasteiger partial charge in [-0.15, -0.1) is 0 Å². The fourth-order valence-corrected chi connectivity index (χ4v) is 2.83. The molecule has 0 saturated carbocycles. The quantitative estimate of drug-likeness (QED) is 0.647. The second-order valence-corrected chi connectivity index (χ2v) is 5.10. The normalized spacial score (nSPS) is 43.2. The van der Waals surface area contributed by atoms with E-state index in [0.717, 1.165) is 25.7 Å². The van der Waals surface area contributed by atoms with Crippen LogP contribution in [0, 0.1) is 5.92 Å². The van der Waals surface area contributed by atoms with Gasteiger partial charge in [0.25, 0.3) is 0 Å². The third-order valence-corrected chi connectivity index (χ3v) is 3.71. The van der Waals surface area contributed by atoms with Gasteiger partial charge in [-0.2, -0.15) is 0 Å². The van der Waals surface area contributed by atoms with Gasteiger partial charge in [0.15, 0.2) is 6.29 Å². The van der Waals surface area contributed by atoms with Crippen molar-refractivity contribution in [1.82, 2.24) is 0 Å². The molecule has 0 aromatic carbocycles. The molecule has 0 spiro atoms. The highest BCUT2D eigenvalue weighted by atomic mass is 16.8. The van der Waals surface area contributed by atoms with E-state index in [2.05, 4.69) is 0 Å². The standard InChI is InChI=1S/C12H18O5/c1-12-5-3-2-4-8(10(13)17-12)9(16-12)11-14-6-7-15-11/h8-9,11H,2-7H2,1H3. The summed E-state index contributed by atoms with van der Waals surface area (Å²) < 4.78 is 22.3. The minimum atomic E-state index is -0.798. The Balaban J connectivity index is 1.84. The lowest BCUT2D eigenvalue weighted by atomic mass is 9.89. The van der Waals surface area contributed by atoms with Crippen molar-refractivity contribution >= 4 is 5.97 Å². The molecular weight excluding hydrogens is 224 g/mol.